The second-order valence-electron chi connectivity index (χ2n) is 5.66. The Balaban J connectivity index is 1.87. The predicted molar refractivity (Wildman–Crippen MR) is 103 cm³/mol. The summed E-state index contributed by atoms with van der Waals surface area (Å²) < 4.78 is 5.33. The molecule has 0 unspecified atom stereocenters. The fourth-order valence-corrected chi connectivity index (χ4v) is 2.09. The molecule has 0 atom stereocenters. The minimum absolute atomic E-state index is 0.0401. The van der Waals surface area contributed by atoms with Crippen LogP contribution in [-0.4, -0.2) is 45.4 Å². The highest BCUT2D eigenvalue weighted by Crippen LogP contribution is 2.27. The minimum atomic E-state index is -0.738. The van der Waals surface area contributed by atoms with Crippen molar-refractivity contribution < 1.29 is 14.5 Å². The van der Waals surface area contributed by atoms with Gasteiger partial charge in [-0.25, -0.2) is 15.3 Å². The molecule has 4 N–H and O–H groups in total. The van der Waals surface area contributed by atoms with Crippen molar-refractivity contribution in [2.45, 2.75) is 19.8 Å². The van der Waals surface area contributed by atoms with E-state index in [0.29, 0.717) is 18.6 Å². The Morgan fingerprint density at radius 1 is 1.41 bits per heavy atom. The van der Waals surface area contributed by atoms with Crippen LogP contribution < -0.4 is 26.7 Å². The van der Waals surface area contributed by atoms with Crippen molar-refractivity contribution in [3.8, 4) is 5.75 Å². The Hall–Kier alpha value is -4.03. The van der Waals surface area contributed by atoms with Crippen LogP contribution in [0.4, 0.5) is 11.5 Å². The van der Waals surface area contributed by atoms with Crippen LogP contribution in [0.15, 0.2) is 32.9 Å². The molecule has 0 fully saturated rings. The van der Waals surface area contributed by atoms with Gasteiger partial charge in [0.2, 0.25) is 11.7 Å². The highest BCUT2D eigenvalue weighted by atomic mass is 16.6. The number of H-pyrrole nitrogens is 2. The van der Waals surface area contributed by atoms with E-state index in [1.165, 1.54) is 18.3 Å². The van der Waals surface area contributed by atoms with Gasteiger partial charge in [0.1, 0.15) is 0 Å². The summed E-state index contributed by atoms with van der Waals surface area (Å²) in [5.74, 6) is -0.430. The number of aromatic nitrogens is 3. The third-order valence-electron chi connectivity index (χ3n) is 3.40. The lowest BCUT2D eigenvalue weighted by atomic mass is 10.2. The summed E-state index contributed by atoms with van der Waals surface area (Å²) in [6, 6.07) is 4.33. The lowest BCUT2D eigenvalue weighted by molar-refractivity contribution is -0.385. The van der Waals surface area contributed by atoms with Crippen molar-refractivity contribution in [3.05, 3.63) is 54.7 Å². The van der Waals surface area contributed by atoms with Crippen molar-refractivity contribution in [2.24, 2.45) is 5.10 Å². The molecule has 0 spiro atoms. The molecule has 2 aromatic rings. The van der Waals surface area contributed by atoms with E-state index in [0.717, 1.165) is 0 Å². The third kappa shape index (κ3) is 6.57. The lowest BCUT2D eigenvalue weighted by Gasteiger charge is -2.05. The largest absolute Gasteiger partial charge is 0.487 e. The first-order chi connectivity index (χ1) is 13.9. The van der Waals surface area contributed by atoms with Crippen LogP contribution in [0.5, 0.6) is 5.75 Å². The van der Waals surface area contributed by atoms with Gasteiger partial charge in [-0.2, -0.15) is 5.10 Å². The number of rotatable bonds is 10. The maximum absolute atomic E-state index is 11.8. The van der Waals surface area contributed by atoms with Gasteiger partial charge in [0, 0.05) is 24.6 Å². The first-order valence-electron chi connectivity index (χ1n) is 8.56. The highest BCUT2D eigenvalue weighted by Gasteiger charge is 2.15. The molecule has 2 rings (SSSR count). The fourth-order valence-electron chi connectivity index (χ4n) is 2.09. The molecule has 0 aliphatic rings. The van der Waals surface area contributed by atoms with Gasteiger partial charge in [0.05, 0.1) is 17.7 Å². The van der Waals surface area contributed by atoms with Crippen LogP contribution in [0, 0.1) is 10.1 Å². The van der Waals surface area contributed by atoms with Crippen molar-refractivity contribution in [1.29, 1.82) is 0 Å². The fraction of sp³-hybridized carbons (Fsp3) is 0.312. The second-order valence-corrected chi connectivity index (χ2v) is 5.66. The number of amides is 1. The summed E-state index contributed by atoms with van der Waals surface area (Å²) in [6.45, 7) is 2.32. The Kier molecular flexibility index (Phi) is 7.59. The Morgan fingerprint density at radius 3 is 2.90 bits per heavy atom. The molecule has 1 aromatic carbocycles. The third-order valence-corrected chi connectivity index (χ3v) is 3.40. The Bertz CT molecular complexity index is 1010. The van der Waals surface area contributed by atoms with Crippen LogP contribution in [0.3, 0.4) is 0 Å². The van der Waals surface area contributed by atoms with Gasteiger partial charge < -0.3 is 10.1 Å². The molecule has 0 saturated carbocycles. The summed E-state index contributed by atoms with van der Waals surface area (Å²) in [5, 5.41) is 23.0. The van der Waals surface area contributed by atoms with E-state index in [1.807, 2.05) is 11.9 Å². The van der Waals surface area contributed by atoms with E-state index in [9.17, 15) is 24.5 Å². The van der Waals surface area contributed by atoms with Gasteiger partial charge in [-0.05, 0) is 18.6 Å². The number of nitro benzene ring substituents is 1. The van der Waals surface area contributed by atoms with Crippen LogP contribution in [0.2, 0.25) is 0 Å². The van der Waals surface area contributed by atoms with E-state index in [-0.39, 0.29) is 30.2 Å². The first-order valence-corrected chi connectivity index (χ1v) is 8.56. The molecule has 1 heterocycles. The average molecular weight is 405 g/mol. The van der Waals surface area contributed by atoms with E-state index in [4.69, 9.17) is 4.74 Å². The number of nitrogens with one attached hydrogen (secondary N) is 4. The number of anilines is 1. The molecule has 0 saturated heterocycles. The summed E-state index contributed by atoms with van der Waals surface area (Å²) in [5.41, 5.74) is 1.03. The van der Waals surface area contributed by atoms with Gasteiger partial charge >= 0.3 is 11.4 Å². The van der Waals surface area contributed by atoms with Crippen LogP contribution >= 0.6 is 0 Å². The van der Waals surface area contributed by atoms with Crippen LogP contribution in [-0.2, 0) is 4.79 Å². The molecular formula is C16H19N7O6. The number of aromatic amines is 2. The normalized spacial score (nSPS) is 10.7. The molecule has 0 bridgehead atoms. The smallest absolute Gasteiger partial charge is 0.342 e. The van der Waals surface area contributed by atoms with Crippen molar-refractivity contribution in [3.63, 3.8) is 0 Å². The van der Waals surface area contributed by atoms with Gasteiger partial charge in [-0.1, -0.05) is 6.92 Å². The molecular weight excluding hydrogens is 386 g/mol. The number of hydrazone groups is 1. The van der Waals surface area contributed by atoms with E-state index in [1.54, 1.807) is 6.07 Å². The second kappa shape index (κ2) is 10.3. The number of nitrogens with zero attached hydrogens (tertiary/aromatic N) is 3. The summed E-state index contributed by atoms with van der Waals surface area (Å²) in [7, 11) is 0. The molecule has 0 aliphatic heterocycles. The number of nitro groups is 1. The number of hydrogen-bond donors (Lipinski definition) is 4. The van der Waals surface area contributed by atoms with E-state index >= 15 is 0 Å². The molecule has 154 valence electrons. The monoisotopic (exact) mass is 405 g/mol. The first kappa shape index (κ1) is 21.3. The zero-order valence-corrected chi connectivity index (χ0v) is 15.4. The van der Waals surface area contributed by atoms with Crippen molar-refractivity contribution in [2.75, 3.05) is 18.5 Å². The van der Waals surface area contributed by atoms with Crippen LogP contribution in [0.1, 0.15) is 25.3 Å². The van der Waals surface area contributed by atoms with Gasteiger partial charge in [-0.15, -0.1) is 5.10 Å². The number of benzene rings is 1. The van der Waals surface area contributed by atoms with E-state index < -0.39 is 22.1 Å². The van der Waals surface area contributed by atoms with Gasteiger partial charge in [-0.3, -0.25) is 24.7 Å². The predicted octanol–water partition coefficient (Wildman–Crippen LogP) is 0.108. The number of ether oxygens (including phenoxy) is 1. The van der Waals surface area contributed by atoms with Crippen LogP contribution in [0.25, 0.3) is 0 Å². The van der Waals surface area contributed by atoms with Gasteiger partial charge in [0.25, 0.3) is 5.56 Å². The van der Waals surface area contributed by atoms with Gasteiger partial charge in [0.15, 0.2) is 5.75 Å². The molecule has 0 radical (unpaired) electrons. The summed E-state index contributed by atoms with van der Waals surface area (Å²) >= 11 is 0. The number of carbonyl (C=O) groups excluding carboxylic acids is 1. The molecule has 0 aliphatic carbocycles. The highest BCUT2D eigenvalue weighted by molar-refractivity contribution is 5.83. The number of hydrogen-bond acceptors (Lipinski definition) is 9. The molecule has 13 nitrogen and oxygen atoms in total. The maximum atomic E-state index is 11.8. The zero-order valence-electron chi connectivity index (χ0n) is 15.4. The number of carbonyl (C=O) groups is 1. The van der Waals surface area contributed by atoms with Crippen molar-refractivity contribution in [1.82, 2.24) is 20.6 Å². The molecule has 29 heavy (non-hydrogen) atoms. The van der Waals surface area contributed by atoms with Crippen molar-refractivity contribution >= 4 is 23.6 Å². The molecule has 1 amide bonds. The maximum Gasteiger partial charge on any atom is 0.342 e. The Morgan fingerprint density at radius 2 is 2.21 bits per heavy atom. The molecule has 1 aromatic heterocycles. The quantitative estimate of drug-likeness (QED) is 0.244. The zero-order chi connectivity index (χ0) is 21.2. The Labute approximate surface area is 163 Å². The minimum Gasteiger partial charge on any atom is -0.487 e. The average Bonchev–Trinajstić information content (AvgIpc) is 2.68. The lowest BCUT2D eigenvalue weighted by Crippen LogP contribution is -2.28. The standard InChI is InChI=1S/C16H19N7O6/c1-2-7-29-12-4-3-10(8-11(12)23(27)28)9-18-20-13(24)5-6-17-14-15(25)19-16(26)22-21-14/h3-4,8-9H,2,5-7H2,1H3,(H,17,21)(H,20,24)(H2,19,22,25,26)/b18-9+. The summed E-state index contributed by atoms with van der Waals surface area (Å²) in [6.07, 6.45) is 1.94. The SMILES string of the molecule is CCCOc1ccc(/C=N/NC(=O)CCNc2n[nH]c(=O)[nH]c2=O)cc1[N+](=O)[O-]. The van der Waals surface area contributed by atoms with E-state index in [2.05, 4.69) is 26.0 Å². The molecule has 13 heteroatoms. The summed E-state index contributed by atoms with van der Waals surface area (Å²) in [4.78, 5) is 46.6. The topological polar surface area (TPSA) is 184 Å².